The molecule has 22 heavy (non-hydrogen) atoms. The summed E-state index contributed by atoms with van der Waals surface area (Å²) < 4.78 is 5.27. The highest BCUT2D eigenvalue weighted by atomic mass is 16.4. The Bertz CT molecular complexity index is 647. The molecule has 2 fully saturated rings. The summed E-state index contributed by atoms with van der Waals surface area (Å²) in [5.74, 6) is -1.67. The number of likely N-dealkylation sites (tertiary alicyclic amines) is 1. The summed E-state index contributed by atoms with van der Waals surface area (Å²) in [5, 5.41) is 9.13. The third-order valence-corrected chi connectivity index (χ3v) is 5.06. The van der Waals surface area contributed by atoms with Gasteiger partial charge in [-0.3, -0.25) is 19.3 Å². The minimum Gasteiger partial charge on any atom is -0.481 e. The molecule has 1 aliphatic heterocycles. The zero-order chi connectivity index (χ0) is 15.4. The Morgan fingerprint density at radius 1 is 1.27 bits per heavy atom. The average Bonchev–Trinajstić information content (AvgIpc) is 3.22. The molecular weight excluding hydrogens is 286 g/mol. The van der Waals surface area contributed by atoms with E-state index in [9.17, 15) is 14.4 Å². The predicted octanol–water partition coefficient (Wildman–Crippen LogP) is 1.60. The van der Waals surface area contributed by atoms with Gasteiger partial charge in [0.25, 0.3) is 0 Å². The molecule has 2 bridgehead atoms. The second-order valence-corrected chi connectivity index (χ2v) is 6.18. The first-order valence-corrected chi connectivity index (χ1v) is 7.38. The number of imide groups is 1. The number of carboxylic acids is 1. The van der Waals surface area contributed by atoms with E-state index in [4.69, 9.17) is 9.52 Å². The van der Waals surface area contributed by atoms with Gasteiger partial charge in [0, 0.05) is 0 Å². The van der Waals surface area contributed by atoms with E-state index in [0.717, 1.165) is 11.3 Å². The van der Waals surface area contributed by atoms with Crippen LogP contribution in [-0.2, 0) is 14.4 Å². The second kappa shape index (κ2) is 4.56. The molecule has 6 heteroatoms. The average molecular weight is 301 g/mol. The first kappa shape index (κ1) is 13.3. The number of carbonyl (C=O) groups is 3. The molecule has 2 aliphatic carbocycles. The van der Waals surface area contributed by atoms with E-state index in [0.29, 0.717) is 5.76 Å². The van der Waals surface area contributed by atoms with Crippen LogP contribution in [0.3, 0.4) is 0 Å². The molecule has 5 unspecified atom stereocenters. The van der Waals surface area contributed by atoms with E-state index in [1.165, 1.54) is 6.26 Å². The zero-order valence-electron chi connectivity index (χ0n) is 11.7. The molecular formula is C16H15NO5. The van der Waals surface area contributed by atoms with Crippen LogP contribution < -0.4 is 0 Å². The Labute approximate surface area is 126 Å². The lowest BCUT2D eigenvalue weighted by Crippen LogP contribution is -2.37. The Kier molecular flexibility index (Phi) is 2.76. The van der Waals surface area contributed by atoms with Gasteiger partial charge in [0.1, 0.15) is 11.8 Å². The lowest BCUT2D eigenvalue weighted by molar-refractivity contribution is -0.147. The van der Waals surface area contributed by atoms with Crippen molar-refractivity contribution in [3.05, 3.63) is 36.3 Å². The molecule has 0 aromatic carbocycles. The van der Waals surface area contributed by atoms with Gasteiger partial charge in [-0.15, -0.1) is 0 Å². The fourth-order valence-corrected chi connectivity index (χ4v) is 4.20. The third-order valence-electron chi connectivity index (χ3n) is 5.06. The van der Waals surface area contributed by atoms with Crippen LogP contribution in [0.5, 0.6) is 0 Å². The lowest BCUT2D eigenvalue weighted by Gasteiger charge is -2.25. The maximum Gasteiger partial charge on any atom is 0.305 e. The van der Waals surface area contributed by atoms with Crippen molar-refractivity contribution in [3.63, 3.8) is 0 Å². The number of allylic oxidation sites excluding steroid dienone is 2. The van der Waals surface area contributed by atoms with E-state index in [1.807, 2.05) is 12.2 Å². The summed E-state index contributed by atoms with van der Waals surface area (Å²) in [6, 6.07) is 2.37. The van der Waals surface area contributed by atoms with Gasteiger partial charge in [-0.25, -0.2) is 0 Å². The summed E-state index contributed by atoms with van der Waals surface area (Å²) >= 11 is 0. The van der Waals surface area contributed by atoms with Gasteiger partial charge in [-0.2, -0.15) is 0 Å². The molecule has 6 nitrogen and oxygen atoms in total. The van der Waals surface area contributed by atoms with Gasteiger partial charge in [-0.05, 0) is 30.4 Å². The van der Waals surface area contributed by atoms with Crippen LogP contribution in [-0.4, -0.2) is 27.8 Å². The van der Waals surface area contributed by atoms with Crippen molar-refractivity contribution in [1.29, 1.82) is 0 Å². The van der Waals surface area contributed by atoms with Gasteiger partial charge in [0.15, 0.2) is 0 Å². The number of carbonyl (C=O) groups excluding carboxylic acids is 2. The van der Waals surface area contributed by atoms with Gasteiger partial charge in [-0.1, -0.05) is 12.2 Å². The number of aliphatic carboxylic acids is 1. The Morgan fingerprint density at radius 3 is 2.41 bits per heavy atom. The molecule has 0 spiro atoms. The van der Waals surface area contributed by atoms with Gasteiger partial charge < -0.3 is 9.52 Å². The first-order chi connectivity index (χ1) is 10.6. The van der Waals surface area contributed by atoms with Crippen molar-refractivity contribution < 1.29 is 23.9 Å². The second-order valence-electron chi connectivity index (χ2n) is 6.18. The summed E-state index contributed by atoms with van der Waals surface area (Å²) in [6.45, 7) is 0. The van der Waals surface area contributed by atoms with Gasteiger partial charge in [0.05, 0.1) is 24.5 Å². The highest BCUT2D eigenvalue weighted by molar-refractivity contribution is 6.07. The zero-order valence-corrected chi connectivity index (χ0v) is 11.7. The van der Waals surface area contributed by atoms with Crippen LogP contribution in [0.2, 0.25) is 0 Å². The summed E-state index contributed by atoms with van der Waals surface area (Å²) in [7, 11) is 0. The molecule has 5 atom stereocenters. The van der Waals surface area contributed by atoms with Crippen molar-refractivity contribution in [2.75, 3.05) is 0 Å². The number of fused-ring (bicyclic) bond motifs is 5. The summed E-state index contributed by atoms with van der Waals surface area (Å²) in [5.41, 5.74) is 0. The minimum atomic E-state index is -1.07. The van der Waals surface area contributed by atoms with Crippen molar-refractivity contribution in [2.24, 2.45) is 23.7 Å². The molecule has 2 heterocycles. The SMILES string of the molecule is O=C(O)CC(c1ccco1)N1C(=O)C2C3C=CC(C3)C2C1=O. The molecule has 114 valence electrons. The molecule has 1 N–H and O–H groups in total. The largest absolute Gasteiger partial charge is 0.481 e. The molecule has 1 saturated carbocycles. The first-order valence-electron chi connectivity index (χ1n) is 7.38. The molecule has 0 radical (unpaired) electrons. The van der Waals surface area contributed by atoms with Crippen LogP contribution in [0.15, 0.2) is 35.0 Å². The maximum absolute atomic E-state index is 12.7. The summed E-state index contributed by atoms with van der Waals surface area (Å²) in [6.07, 6.45) is 5.96. The number of carboxylic acid groups (broad SMARTS) is 1. The van der Waals surface area contributed by atoms with Crippen LogP contribution in [0, 0.1) is 23.7 Å². The van der Waals surface area contributed by atoms with Crippen LogP contribution in [0.1, 0.15) is 24.6 Å². The minimum absolute atomic E-state index is 0.110. The molecule has 1 aromatic heterocycles. The van der Waals surface area contributed by atoms with Gasteiger partial charge in [0.2, 0.25) is 11.8 Å². The van der Waals surface area contributed by atoms with Crippen molar-refractivity contribution in [3.8, 4) is 0 Å². The Morgan fingerprint density at radius 2 is 1.91 bits per heavy atom. The molecule has 1 saturated heterocycles. The third kappa shape index (κ3) is 1.70. The number of hydrogen-bond donors (Lipinski definition) is 1. The van der Waals surface area contributed by atoms with Crippen molar-refractivity contribution >= 4 is 17.8 Å². The summed E-state index contributed by atoms with van der Waals surface area (Å²) in [4.78, 5) is 37.8. The number of hydrogen-bond acceptors (Lipinski definition) is 4. The lowest BCUT2D eigenvalue weighted by atomic mass is 9.85. The number of amides is 2. The van der Waals surface area contributed by atoms with Crippen molar-refractivity contribution in [1.82, 2.24) is 4.90 Å². The fourth-order valence-electron chi connectivity index (χ4n) is 4.20. The highest BCUT2D eigenvalue weighted by Crippen LogP contribution is 2.54. The Hall–Kier alpha value is -2.37. The van der Waals surface area contributed by atoms with Crippen LogP contribution in [0.4, 0.5) is 0 Å². The number of furan rings is 1. The topological polar surface area (TPSA) is 87.8 Å². The Balaban J connectivity index is 1.70. The molecule has 1 aromatic rings. The standard InChI is InChI=1S/C16H15NO5/c18-12(19)7-10(11-2-1-5-22-11)17-15(20)13-8-3-4-9(6-8)14(13)16(17)21/h1-5,8-10,13-14H,6-7H2,(H,18,19). The van der Waals surface area contributed by atoms with Crippen LogP contribution >= 0.6 is 0 Å². The fraction of sp³-hybridized carbons (Fsp3) is 0.438. The van der Waals surface area contributed by atoms with E-state index < -0.39 is 12.0 Å². The maximum atomic E-state index is 12.7. The molecule has 3 aliphatic rings. The van der Waals surface area contributed by atoms with Crippen molar-refractivity contribution in [2.45, 2.75) is 18.9 Å². The smallest absolute Gasteiger partial charge is 0.305 e. The van der Waals surface area contributed by atoms with E-state index in [-0.39, 0.29) is 41.9 Å². The quantitative estimate of drug-likeness (QED) is 0.674. The normalized spacial score (nSPS) is 33.5. The highest BCUT2D eigenvalue weighted by Gasteiger charge is 2.60. The van der Waals surface area contributed by atoms with E-state index in [2.05, 4.69) is 0 Å². The van der Waals surface area contributed by atoms with E-state index >= 15 is 0 Å². The predicted molar refractivity (Wildman–Crippen MR) is 73.3 cm³/mol. The number of rotatable bonds is 4. The van der Waals surface area contributed by atoms with Gasteiger partial charge >= 0.3 is 5.97 Å². The van der Waals surface area contributed by atoms with Crippen LogP contribution in [0.25, 0.3) is 0 Å². The molecule has 4 rings (SSSR count). The monoisotopic (exact) mass is 301 g/mol. The van der Waals surface area contributed by atoms with E-state index in [1.54, 1.807) is 12.1 Å². The number of nitrogens with zero attached hydrogens (tertiary/aromatic N) is 1. The molecule has 2 amide bonds.